The van der Waals surface area contributed by atoms with Crippen LogP contribution in [0.1, 0.15) is 23.6 Å². The maximum Gasteiger partial charge on any atom is 0.440 e. The molecule has 150 valence electrons. The highest BCUT2D eigenvalue weighted by Gasteiger charge is 2.30. The Labute approximate surface area is 163 Å². The number of nitrogens with zero attached hydrogens (tertiary/aromatic N) is 1. The maximum atomic E-state index is 12.7. The third-order valence-electron chi connectivity index (χ3n) is 3.47. The molecule has 2 aromatic rings. The van der Waals surface area contributed by atoms with Crippen LogP contribution in [0.2, 0.25) is 5.02 Å². The summed E-state index contributed by atoms with van der Waals surface area (Å²) in [5, 5.41) is 4.12. The Hall–Kier alpha value is -2.94. The van der Waals surface area contributed by atoms with Gasteiger partial charge in [0.15, 0.2) is 5.75 Å². The van der Waals surface area contributed by atoms with Gasteiger partial charge < -0.3 is 14.4 Å². The molecule has 2 rings (SSSR count). The summed E-state index contributed by atoms with van der Waals surface area (Å²) in [7, 11) is 1.18. The van der Waals surface area contributed by atoms with Crippen LogP contribution in [-0.2, 0) is 22.4 Å². The molecule has 28 heavy (non-hydrogen) atoms. The average Bonchev–Trinajstić information content (AvgIpc) is 2.66. The summed E-state index contributed by atoms with van der Waals surface area (Å²) in [5.74, 6) is 0.150. The third-order valence-corrected chi connectivity index (χ3v) is 3.78. The van der Waals surface area contributed by atoms with Crippen molar-refractivity contribution in [1.82, 2.24) is 5.48 Å². The third kappa shape index (κ3) is 6.05. The smallest absolute Gasteiger partial charge is 0.440 e. The number of ether oxygens (including phenoxy) is 1. The molecule has 0 radical (unpaired) electrons. The number of carbonyl (C=O) groups is 1. The Morgan fingerprint density at radius 3 is 2.64 bits per heavy atom. The minimum Gasteiger partial charge on any atom is -0.451 e. The van der Waals surface area contributed by atoms with Crippen LogP contribution in [0.15, 0.2) is 47.6 Å². The SMILES string of the molecule is COC(=O)NOc1cc(/C(C)=N/OCc2cccc(C(F)(F)F)c2)ccc1Cl. The molecule has 0 spiro atoms. The summed E-state index contributed by atoms with van der Waals surface area (Å²) in [6.45, 7) is 1.50. The highest BCUT2D eigenvalue weighted by Crippen LogP contribution is 2.29. The van der Waals surface area contributed by atoms with E-state index in [-0.39, 0.29) is 17.4 Å². The van der Waals surface area contributed by atoms with Crippen molar-refractivity contribution in [2.45, 2.75) is 19.7 Å². The zero-order valence-electron chi connectivity index (χ0n) is 14.8. The van der Waals surface area contributed by atoms with Crippen molar-refractivity contribution in [3.63, 3.8) is 0 Å². The summed E-state index contributed by atoms with van der Waals surface area (Å²) in [4.78, 5) is 21.2. The number of methoxy groups -OCH3 is 1. The van der Waals surface area contributed by atoms with E-state index in [1.165, 1.54) is 31.4 Å². The number of hydroxylamine groups is 1. The van der Waals surface area contributed by atoms with Gasteiger partial charge in [0.1, 0.15) is 6.61 Å². The van der Waals surface area contributed by atoms with E-state index in [9.17, 15) is 18.0 Å². The molecule has 0 aromatic heterocycles. The highest BCUT2D eigenvalue weighted by atomic mass is 35.5. The lowest BCUT2D eigenvalue weighted by atomic mass is 10.1. The molecule has 0 aliphatic carbocycles. The normalized spacial score (nSPS) is 11.7. The molecule has 0 saturated carbocycles. The van der Waals surface area contributed by atoms with Crippen molar-refractivity contribution < 1.29 is 32.4 Å². The lowest BCUT2D eigenvalue weighted by molar-refractivity contribution is -0.137. The van der Waals surface area contributed by atoms with Crippen LogP contribution < -0.4 is 10.3 Å². The summed E-state index contributed by atoms with van der Waals surface area (Å²) in [5.41, 5.74) is 2.59. The fourth-order valence-electron chi connectivity index (χ4n) is 2.04. The van der Waals surface area contributed by atoms with E-state index in [2.05, 4.69) is 9.89 Å². The monoisotopic (exact) mass is 416 g/mol. The Bertz CT molecular complexity index is 872. The number of amides is 1. The van der Waals surface area contributed by atoms with Crippen LogP contribution in [0.4, 0.5) is 18.0 Å². The molecule has 0 heterocycles. The summed E-state index contributed by atoms with van der Waals surface area (Å²) >= 11 is 5.98. The average molecular weight is 417 g/mol. The van der Waals surface area contributed by atoms with Crippen LogP contribution in [-0.4, -0.2) is 18.9 Å². The predicted molar refractivity (Wildman–Crippen MR) is 96.1 cm³/mol. The number of alkyl halides is 3. The minimum atomic E-state index is -4.42. The maximum absolute atomic E-state index is 12.7. The predicted octanol–water partition coefficient (Wildman–Crippen LogP) is 4.95. The van der Waals surface area contributed by atoms with Crippen molar-refractivity contribution in [2.24, 2.45) is 5.16 Å². The number of halogens is 4. The van der Waals surface area contributed by atoms with Gasteiger partial charge >= 0.3 is 12.3 Å². The first-order valence-corrected chi connectivity index (χ1v) is 8.22. The van der Waals surface area contributed by atoms with Gasteiger partial charge in [0.2, 0.25) is 0 Å². The van der Waals surface area contributed by atoms with Gasteiger partial charge in [-0.25, -0.2) is 4.79 Å². The molecule has 0 saturated heterocycles. The minimum absolute atomic E-state index is 0.137. The molecule has 6 nitrogen and oxygen atoms in total. The molecule has 1 amide bonds. The Balaban J connectivity index is 2.04. The first-order chi connectivity index (χ1) is 13.2. The van der Waals surface area contributed by atoms with Gasteiger partial charge in [-0.15, -0.1) is 0 Å². The van der Waals surface area contributed by atoms with E-state index < -0.39 is 17.8 Å². The lowest BCUT2D eigenvalue weighted by Gasteiger charge is -2.10. The van der Waals surface area contributed by atoms with Crippen molar-refractivity contribution in [3.05, 3.63) is 64.2 Å². The number of carbonyl (C=O) groups excluding carboxylic acids is 1. The molecular formula is C18H16ClF3N2O4. The van der Waals surface area contributed by atoms with Gasteiger partial charge in [0.05, 0.1) is 23.4 Å². The summed E-state index contributed by atoms with van der Waals surface area (Å²) in [6.07, 6.45) is -5.23. The first-order valence-electron chi connectivity index (χ1n) is 7.84. The first kappa shape index (κ1) is 21.4. The van der Waals surface area contributed by atoms with E-state index in [0.717, 1.165) is 12.1 Å². The number of rotatable bonds is 6. The molecule has 0 aliphatic rings. The van der Waals surface area contributed by atoms with Gasteiger partial charge in [-0.3, -0.25) is 0 Å². The fourth-order valence-corrected chi connectivity index (χ4v) is 2.19. The second-order valence-electron chi connectivity index (χ2n) is 5.49. The topological polar surface area (TPSA) is 69.2 Å². The number of benzene rings is 2. The quantitative estimate of drug-likeness (QED) is 0.534. The van der Waals surface area contributed by atoms with Crippen molar-refractivity contribution >= 4 is 23.4 Å². The molecule has 0 atom stereocenters. The Morgan fingerprint density at radius 2 is 1.96 bits per heavy atom. The second kappa shape index (κ2) is 9.32. The molecule has 10 heteroatoms. The van der Waals surface area contributed by atoms with Gasteiger partial charge in [0, 0.05) is 5.56 Å². The summed E-state index contributed by atoms with van der Waals surface area (Å²) < 4.78 is 42.5. The largest absolute Gasteiger partial charge is 0.451 e. The van der Waals surface area contributed by atoms with Crippen molar-refractivity contribution in [3.8, 4) is 5.75 Å². The Kier molecular flexibility index (Phi) is 7.11. The van der Waals surface area contributed by atoms with Gasteiger partial charge in [-0.1, -0.05) is 35.0 Å². The lowest BCUT2D eigenvalue weighted by Crippen LogP contribution is -2.26. The van der Waals surface area contributed by atoms with E-state index in [4.69, 9.17) is 21.3 Å². The number of oxime groups is 1. The van der Waals surface area contributed by atoms with Crippen LogP contribution in [0, 0.1) is 0 Å². The zero-order valence-corrected chi connectivity index (χ0v) is 15.6. The van der Waals surface area contributed by atoms with Crippen LogP contribution >= 0.6 is 11.6 Å². The van der Waals surface area contributed by atoms with Gasteiger partial charge in [-0.05, 0) is 36.8 Å². The molecule has 2 aromatic carbocycles. The standard InChI is InChI=1S/C18H16ClF3N2O4/c1-11(13-6-7-15(19)16(9-13)28-24-17(25)26-2)23-27-10-12-4-3-5-14(8-12)18(20,21)22/h3-9H,10H2,1-2H3,(H,24,25)/b23-11+. The van der Waals surface area contributed by atoms with E-state index in [1.54, 1.807) is 13.0 Å². The van der Waals surface area contributed by atoms with Crippen molar-refractivity contribution in [1.29, 1.82) is 0 Å². The van der Waals surface area contributed by atoms with Crippen molar-refractivity contribution in [2.75, 3.05) is 7.11 Å². The fraction of sp³-hybridized carbons (Fsp3) is 0.222. The van der Waals surface area contributed by atoms with Crippen LogP contribution in [0.5, 0.6) is 5.75 Å². The number of nitrogens with one attached hydrogen (secondary N) is 1. The zero-order chi connectivity index (χ0) is 20.7. The Morgan fingerprint density at radius 1 is 1.21 bits per heavy atom. The van der Waals surface area contributed by atoms with Crippen LogP contribution in [0.3, 0.4) is 0 Å². The van der Waals surface area contributed by atoms with Gasteiger partial charge in [0.25, 0.3) is 0 Å². The number of hydrogen-bond acceptors (Lipinski definition) is 5. The highest BCUT2D eigenvalue weighted by molar-refractivity contribution is 6.32. The van der Waals surface area contributed by atoms with E-state index >= 15 is 0 Å². The number of hydrogen-bond donors (Lipinski definition) is 1. The van der Waals surface area contributed by atoms with E-state index in [0.29, 0.717) is 16.8 Å². The van der Waals surface area contributed by atoms with Crippen LogP contribution in [0.25, 0.3) is 0 Å². The van der Waals surface area contributed by atoms with E-state index in [1.807, 2.05) is 5.48 Å². The molecule has 0 fully saturated rings. The molecule has 1 N–H and O–H groups in total. The second-order valence-corrected chi connectivity index (χ2v) is 5.90. The summed E-state index contributed by atoms with van der Waals surface area (Å²) in [6, 6.07) is 9.46. The van der Waals surface area contributed by atoms with Gasteiger partial charge in [-0.2, -0.15) is 18.7 Å². The molecule has 0 unspecified atom stereocenters. The molecule has 0 bridgehead atoms. The molecular weight excluding hydrogens is 401 g/mol. The molecule has 0 aliphatic heterocycles.